The van der Waals surface area contributed by atoms with Gasteiger partial charge in [-0.15, -0.1) is 0 Å². The number of halogens is 4. The highest BCUT2D eigenvalue weighted by atomic mass is 19.4. The maximum absolute atomic E-state index is 13.4. The van der Waals surface area contributed by atoms with Gasteiger partial charge in [-0.1, -0.05) is 19.9 Å². The SMILES string of the molecule is CC(C)CN1CCC(N)C1c1ccc(F)c(C(F)(F)F)c1. The van der Waals surface area contributed by atoms with Gasteiger partial charge in [0, 0.05) is 25.2 Å². The van der Waals surface area contributed by atoms with Crippen LogP contribution in [0.1, 0.15) is 37.4 Å². The Morgan fingerprint density at radius 1 is 1.33 bits per heavy atom. The van der Waals surface area contributed by atoms with Crippen molar-refractivity contribution in [1.82, 2.24) is 4.90 Å². The van der Waals surface area contributed by atoms with Crippen LogP contribution in [0.25, 0.3) is 0 Å². The molecule has 1 fully saturated rings. The van der Waals surface area contributed by atoms with E-state index < -0.39 is 17.6 Å². The van der Waals surface area contributed by atoms with Crippen LogP contribution in [-0.4, -0.2) is 24.0 Å². The van der Waals surface area contributed by atoms with Crippen LogP contribution >= 0.6 is 0 Å². The standard InChI is InChI=1S/C15H20F4N2/c1-9(2)8-21-6-5-13(20)14(21)10-3-4-12(16)11(7-10)15(17,18)19/h3-4,7,9,13-14H,5-6,8,20H2,1-2H3. The highest BCUT2D eigenvalue weighted by Gasteiger charge is 2.37. The van der Waals surface area contributed by atoms with Crippen molar-refractivity contribution in [2.75, 3.05) is 13.1 Å². The molecule has 1 saturated heterocycles. The van der Waals surface area contributed by atoms with E-state index in [-0.39, 0.29) is 12.1 Å². The largest absolute Gasteiger partial charge is 0.419 e. The van der Waals surface area contributed by atoms with Crippen molar-refractivity contribution in [1.29, 1.82) is 0 Å². The quantitative estimate of drug-likeness (QED) is 0.865. The van der Waals surface area contributed by atoms with E-state index in [0.717, 1.165) is 31.6 Å². The summed E-state index contributed by atoms with van der Waals surface area (Å²) in [7, 11) is 0. The minimum Gasteiger partial charge on any atom is -0.326 e. The molecule has 2 atom stereocenters. The Labute approximate surface area is 121 Å². The molecule has 1 aromatic carbocycles. The summed E-state index contributed by atoms with van der Waals surface area (Å²) in [5, 5.41) is 0. The van der Waals surface area contributed by atoms with Crippen LogP contribution in [0.2, 0.25) is 0 Å². The Bertz CT molecular complexity index is 499. The Morgan fingerprint density at radius 3 is 2.57 bits per heavy atom. The summed E-state index contributed by atoms with van der Waals surface area (Å²) < 4.78 is 51.9. The van der Waals surface area contributed by atoms with Gasteiger partial charge in [0.1, 0.15) is 5.82 Å². The van der Waals surface area contributed by atoms with Crippen molar-refractivity contribution in [2.24, 2.45) is 11.7 Å². The third-order valence-electron chi connectivity index (χ3n) is 3.79. The molecule has 1 aliphatic rings. The molecule has 2 unspecified atom stereocenters. The van der Waals surface area contributed by atoms with Gasteiger partial charge in [-0.3, -0.25) is 4.90 Å². The first-order valence-electron chi connectivity index (χ1n) is 7.06. The zero-order valence-electron chi connectivity index (χ0n) is 12.1. The molecule has 118 valence electrons. The highest BCUT2D eigenvalue weighted by Crippen LogP contribution is 2.37. The van der Waals surface area contributed by atoms with E-state index in [4.69, 9.17) is 5.73 Å². The van der Waals surface area contributed by atoms with Crippen LogP contribution in [-0.2, 0) is 6.18 Å². The van der Waals surface area contributed by atoms with E-state index in [9.17, 15) is 17.6 Å². The van der Waals surface area contributed by atoms with Crippen molar-refractivity contribution >= 4 is 0 Å². The lowest BCUT2D eigenvalue weighted by Crippen LogP contribution is -2.34. The third-order valence-corrected chi connectivity index (χ3v) is 3.79. The van der Waals surface area contributed by atoms with Gasteiger partial charge in [-0.2, -0.15) is 13.2 Å². The summed E-state index contributed by atoms with van der Waals surface area (Å²) in [5.74, 6) is -0.853. The van der Waals surface area contributed by atoms with Crippen molar-refractivity contribution in [2.45, 2.75) is 38.5 Å². The average molecular weight is 304 g/mol. The maximum Gasteiger partial charge on any atom is 0.419 e. The Hall–Kier alpha value is -1.14. The van der Waals surface area contributed by atoms with Crippen molar-refractivity contribution in [3.05, 3.63) is 35.1 Å². The summed E-state index contributed by atoms with van der Waals surface area (Å²) in [6.07, 6.45) is -3.96. The average Bonchev–Trinajstić information content (AvgIpc) is 2.69. The van der Waals surface area contributed by atoms with E-state index in [0.29, 0.717) is 11.5 Å². The fraction of sp³-hybridized carbons (Fsp3) is 0.600. The van der Waals surface area contributed by atoms with Gasteiger partial charge in [-0.25, -0.2) is 4.39 Å². The highest BCUT2D eigenvalue weighted by molar-refractivity contribution is 5.31. The molecule has 0 saturated carbocycles. The second kappa shape index (κ2) is 5.93. The molecule has 0 aliphatic carbocycles. The van der Waals surface area contributed by atoms with Crippen LogP contribution in [0.5, 0.6) is 0 Å². The molecule has 2 nitrogen and oxygen atoms in total. The minimum absolute atomic E-state index is 0.227. The summed E-state index contributed by atoms with van der Waals surface area (Å²) >= 11 is 0. The lowest BCUT2D eigenvalue weighted by Gasteiger charge is -2.29. The first kappa shape index (κ1) is 16.2. The van der Waals surface area contributed by atoms with Crippen LogP contribution in [0, 0.1) is 11.7 Å². The number of likely N-dealkylation sites (tertiary alicyclic amines) is 1. The fourth-order valence-electron chi connectivity index (χ4n) is 2.96. The number of nitrogens with zero attached hydrogens (tertiary/aromatic N) is 1. The van der Waals surface area contributed by atoms with Gasteiger partial charge < -0.3 is 5.73 Å². The first-order valence-corrected chi connectivity index (χ1v) is 7.06. The van der Waals surface area contributed by atoms with Crippen LogP contribution in [0.15, 0.2) is 18.2 Å². The van der Waals surface area contributed by atoms with Crippen LogP contribution < -0.4 is 5.73 Å². The fourth-order valence-corrected chi connectivity index (χ4v) is 2.96. The molecule has 1 aromatic rings. The van der Waals surface area contributed by atoms with Crippen LogP contribution in [0.3, 0.4) is 0 Å². The zero-order valence-corrected chi connectivity index (χ0v) is 12.1. The normalized spacial score (nSPS) is 24.0. The first-order chi connectivity index (χ1) is 9.70. The molecule has 0 radical (unpaired) electrons. The second-order valence-electron chi connectivity index (χ2n) is 6.02. The Morgan fingerprint density at radius 2 is 2.00 bits per heavy atom. The predicted molar refractivity (Wildman–Crippen MR) is 73.1 cm³/mol. The molecule has 0 bridgehead atoms. The number of benzene rings is 1. The monoisotopic (exact) mass is 304 g/mol. The number of hydrogen-bond acceptors (Lipinski definition) is 2. The molecule has 1 heterocycles. The topological polar surface area (TPSA) is 29.3 Å². The number of nitrogens with two attached hydrogens (primary N) is 1. The molecule has 0 spiro atoms. The lowest BCUT2D eigenvalue weighted by molar-refractivity contribution is -0.140. The van der Waals surface area contributed by atoms with Gasteiger partial charge in [0.15, 0.2) is 0 Å². The van der Waals surface area contributed by atoms with E-state index in [2.05, 4.69) is 4.90 Å². The summed E-state index contributed by atoms with van der Waals surface area (Å²) in [4.78, 5) is 2.09. The molecule has 21 heavy (non-hydrogen) atoms. The van der Waals surface area contributed by atoms with Crippen molar-refractivity contribution < 1.29 is 17.6 Å². The second-order valence-corrected chi connectivity index (χ2v) is 6.02. The molecule has 0 amide bonds. The van der Waals surface area contributed by atoms with E-state index in [1.54, 1.807) is 0 Å². The maximum atomic E-state index is 13.4. The molecule has 2 rings (SSSR count). The van der Waals surface area contributed by atoms with E-state index in [1.165, 1.54) is 6.07 Å². The van der Waals surface area contributed by atoms with Gasteiger partial charge in [0.2, 0.25) is 0 Å². The summed E-state index contributed by atoms with van der Waals surface area (Å²) in [5.41, 5.74) is 5.28. The third kappa shape index (κ3) is 3.55. The van der Waals surface area contributed by atoms with Crippen LogP contribution in [0.4, 0.5) is 17.6 Å². The van der Waals surface area contributed by atoms with E-state index in [1.807, 2.05) is 13.8 Å². The predicted octanol–water partition coefficient (Wildman–Crippen LogP) is 3.57. The molecule has 2 N–H and O–H groups in total. The van der Waals surface area contributed by atoms with Crippen molar-refractivity contribution in [3.63, 3.8) is 0 Å². The Balaban J connectivity index is 2.35. The molecule has 6 heteroatoms. The minimum atomic E-state index is -4.69. The molecule has 1 aliphatic heterocycles. The van der Waals surface area contributed by atoms with Gasteiger partial charge in [0.25, 0.3) is 0 Å². The Kier molecular flexibility index (Phi) is 4.58. The van der Waals surface area contributed by atoms with Gasteiger partial charge in [0.05, 0.1) is 5.56 Å². The summed E-state index contributed by atoms with van der Waals surface area (Å²) in [6, 6.07) is 2.69. The molecular weight excluding hydrogens is 284 g/mol. The molecular formula is C15H20F4N2. The number of alkyl halides is 3. The zero-order chi connectivity index (χ0) is 15.8. The number of hydrogen-bond donors (Lipinski definition) is 1. The lowest BCUT2D eigenvalue weighted by atomic mass is 9.98. The van der Waals surface area contributed by atoms with Crippen molar-refractivity contribution in [3.8, 4) is 0 Å². The van der Waals surface area contributed by atoms with Gasteiger partial charge >= 0.3 is 6.18 Å². The van der Waals surface area contributed by atoms with E-state index >= 15 is 0 Å². The molecule has 0 aromatic heterocycles. The smallest absolute Gasteiger partial charge is 0.326 e. The number of rotatable bonds is 3. The van der Waals surface area contributed by atoms with Gasteiger partial charge in [-0.05, 0) is 30.0 Å². The summed E-state index contributed by atoms with van der Waals surface area (Å²) in [6.45, 7) is 5.61.